The van der Waals surface area contributed by atoms with Crippen LogP contribution in [-0.4, -0.2) is 14.8 Å². The van der Waals surface area contributed by atoms with E-state index in [1.165, 1.54) is 11.1 Å². The molecule has 4 nitrogen and oxygen atoms in total. The van der Waals surface area contributed by atoms with Crippen LogP contribution in [0.4, 0.5) is 0 Å². The number of hydrogen-bond donors (Lipinski definition) is 0. The smallest absolute Gasteiger partial charge is 0.191 e. The lowest BCUT2D eigenvalue weighted by Gasteiger charge is -2.15. The van der Waals surface area contributed by atoms with Gasteiger partial charge in [-0.25, -0.2) is 0 Å². The summed E-state index contributed by atoms with van der Waals surface area (Å²) in [6, 6.07) is 16.3. The molecule has 1 heterocycles. The fraction of sp³-hybridized carbons (Fsp3) is 0.238. The summed E-state index contributed by atoms with van der Waals surface area (Å²) >= 11 is 5.11. The van der Waals surface area contributed by atoms with Crippen LogP contribution >= 0.6 is 27.7 Å². The molecule has 3 rings (SSSR count). The SMILES string of the molecule is C=CCn1c(SCc2cccc(C)c2)nnc1C(C)Oc1ccc(Br)cc1. The molecule has 0 saturated carbocycles. The molecule has 0 saturated heterocycles. The Labute approximate surface area is 172 Å². The number of halogens is 1. The Balaban J connectivity index is 1.75. The van der Waals surface area contributed by atoms with E-state index in [-0.39, 0.29) is 6.10 Å². The Morgan fingerprint density at radius 3 is 2.70 bits per heavy atom. The largest absolute Gasteiger partial charge is 0.483 e. The molecule has 1 aromatic heterocycles. The first-order chi connectivity index (χ1) is 13.1. The van der Waals surface area contributed by atoms with Gasteiger partial charge in [0.15, 0.2) is 17.1 Å². The van der Waals surface area contributed by atoms with Crippen LogP contribution in [0.15, 0.2) is 70.8 Å². The van der Waals surface area contributed by atoms with Crippen LogP contribution in [0.5, 0.6) is 5.75 Å². The number of aryl methyl sites for hydroxylation is 1. The molecule has 1 unspecified atom stereocenters. The predicted octanol–water partition coefficient (Wildman–Crippen LogP) is 5.97. The Kier molecular flexibility index (Phi) is 6.74. The van der Waals surface area contributed by atoms with Crippen molar-refractivity contribution in [2.45, 2.75) is 37.4 Å². The molecule has 6 heteroatoms. The van der Waals surface area contributed by atoms with Crippen LogP contribution in [0.2, 0.25) is 0 Å². The minimum atomic E-state index is -0.216. The minimum Gasteiger partial charge on any atom is -0.483 e. The van der Waals surface area contributed by atoms with Crippen molar-refractivity contribution < 1.29 is 4.74 Å². The topological polar surface area (TPSA) is 39.9 Å². The van der Waals surface area contributed by atoms with Gasteiger partial charge in [0, 0.05) is 16.8 Å². The highest BCUT2D eigenvalue weighted by Gasteiger charge is 2.19. The zero-order valence-corrected chi connectivity index (χ0v) is 17.8. The van der Waals surface area contributed by atoms with Gasteiger partial charge >= 0.3 is 0 Å². The van der Waals surface area contributed by atoms with Crippen LogP contribution in [0.1, 0.15) is 30.0 Å². The molecule has 2 aromatic carbocycles. The zero-order valence-electron chi connectivity index (χ0n) is 15.4. The first-order valence-electron chi connectivity index (χ1n) is 8.71. The summed E-state index contributed by atoms with van der Waals surface area (Å²) in [5.74, 6) is 2.44. The average Bonchev–Trinajstić information content (AvgIpc) is 3.05. The summed E-state index contributed by atoms with van der Waals surface area (Å²) in [6.07, 6.45) is 1.64. The lowest BCUT2D eigenvalue weighted by Crippen LogP contribution is -2.12. The second kappa shape index (κ2) is 9.24. The highest BCUT2D eigenvalue weighted by atomic mass is 79.9. The first kappa shape index (κ1) is 19.7. The minimum absolute atomic E-state index is 0.216. The van der Waals surface area contributed by atoms with Crippen molar-refractivity contribution in [3.63, 3.8) is 0 Å². The van der Waals surface area contributed by atoms with E-state index in [0.717, 1.165) is 27.0 Å². The van der Waals surface area contributed by atoms with Gasteiger partial charge in [-0.1, -0.05) is 63.6 Å². The molecule has 140 valence electrons. The lowest BCUT2D eigenvalue weighted by molar-refractivity contribution is 0.210. The van der Waals surface area contributed by atoms with Crippen LogP contribution < -0.4 is 4.74 Å². The number of aromatic nitrogens is 3. The molecule has 0 bridgehead atoms. The van der Waals surface area contributed by atoms with Crippen LogP contribution in [0.25, 0.3) is 0 Å². The van der Waals surface area contributed by atoms with Crippen LogP contribution in [-0.2, 0) is 12.3 Å². The summed E-state index contributed by atoms with van der Waals surface area (Å²) in [5.41, 5.74) is 2.53. The molecule has 0 N–H and O–H groups in total. The van der Waals surface area contributed by atoms with Gasteiger partial charge in [0.2, 0.25) is 0 Å². The van der Waals surface area contributed by atoms with Crippen molar-refractivity contribution in [3.8, 4) is 5.75 Å². The molecular formula is C21H22BrN3OS. The summed E-state index contributed by atoms with van der Waals surface area (Å²) in [4.78, 5) is 0. The maximum atomic E-state index is 6.05. The van der Waals surface area contributed by atoms with Gasteiger partial charge in [-0.15, -0.1) is 16.8 Å². The van der Waals surface area contributed by atoms with Gasteiger partial charge in [-0.2, -0.15) is 0 Å². The summed E-state index contributed by atoms with van der Waals surface area (Å²) in [5, 5.41) is 9.65. The number of allylic oxidation sites excluding steroid dienone is 1. The van der Waals surface area contributed by atoms with E-state index >= 15 is 0 Å². The molecule has 27 heavy (non-hydrogen) atoms. The Morgan fingerprint density at radius 1 is 1.22 bits per heavy atom. The molecule has 0 fully saturated rings. The summed E-state index contributed by atoms with van der Waals surface area (Å²) in [6.45, 7) is 8.61. The lowest BCUT2D eigenvalue weighted by atomic mass is 10.2. The molecule has 3 aromatic rings. The van der Waals surface area contributed by atoms with Gasteiger partial charge in [0.1, 0.15) is 5.75 Å². The normalized spacial score (nSPS) is 12.0. The zero-order chi connectivity index (χ0) is 19.2. The Hall–Kier alpha value is -2.05. The maximum absolute atomic E-state index is 6.05. The van der Waals surface area contributed by atoms with Gasteiger partial charge in [0.25, 0.3) is 0 Å². The summed E-state index contributed by atoms with van der Waals surface area (Å²) in [7, 11) is 0. The van der Waals surface area contributed by atoms with Crippen molar-refractivity contribution in [2.75, 3.05) is 0 Å². The second-order valence-corrected chi connectivity index (χ2v) is 8.09. The van der Waals surface area contributed by atoms with E-state index in [1.54, 1.807) is 11.8 Å². The molecule has 0 aliphatic carbocycles. The second-order valence-electron chi connectivity index (χ2n) is 6.23. The third-order valence-corrected chi connectivity index (χ3v) is 5.56. The average molecular weight is 444 g/mol. The molecule has 0 radical (unpaired) electrons. The fourth-order valence-electron chi connectivity index (χ4n) is 2.73. The van der Waals surface area contributed by atoms with Crippen LogP contribution in [0, 0.1) is 6.92 Å². The molecule has 0 spiro atoms. The number of nitrogens with zero attached hydrogens (tertiary/aromatic N) is 3. The van der Waals surface area contributed by atoms with Crippen LogP contribution in [0.3, 0.4) is 0 Å². The predicted molar refractivity (Wildman–Crippen MR) is 114 cm³/mol. The Morgan fingerprint density at radius 2 is 2.00 bits per heavy atom. The fourth-order valence-corrected chi connectivity index (χ4v) is 3.89. The molecular weight excluding hydrogens is 422 g/mol. The number of thioether (sulfide) groups is 1. The van der Waals surface area contributed by atoms with Crippen molar-refractivity contribution in [2.24, 2.45) is 0 Å². The number of rotatable bonds is 8. The molecule has 0 aliphatic heterocycles. The van der Waals surface area contributed by atoms with E-state index in [0.29, 0.717) is 6.54 Å². The van der Waals surface area contributed by atoms with E-state index in [4.69, 9.17) is 4.74 Å². The van der Waals surface area contributed by atoms with E-state index in [2.05, 4.69) is 68.5 Å². The third-order valence-electron chi connectivity index (χ3n) is 4.00. The molecule has 0 aliphatic rings. The van der Waals surface area contributed by atoms with E-state index < -0.39 is 0 Å². The van der Waals surface area contributed by atoms with Crippen molar-refractivity contribution in [1.29, 1.82) is 0 Å². The number of ether oxygens (including phenoxy) is 1. The standard InChI is InChI=1S/C21H22BrN3OS/c1-4-12-25-20(16(3)26-19-10-8-18(22)9-11-19)23-24-21(25)27-14-17-7-5-6-15(2)13-17/h4-11,13,16H,1,12,14H2,2-3H3. The monoisotopic (exact) mass is 443 g/mol. The van der Waals surface area contributed by atoms with E-state index in [9.17, 15) is 0 Å². The van der Waals surface area contributed by atoms with Gasteiger partial charge < -0.3 is 4.74 Å². The van der Waals surface area contributed by atoms with Crippen molar-refractivity contribution >= 4 is 27.7 Å². The molecule has 0 amide bonds. The summed E-state index contributed by atoms with van der Waals surface area (Å²) < 4.78 is 9.13. The third kappa shape index (κ3) is 5.23. The highest BCUT2D eigenvalue weighted by molar-refractivity contribution is 9.10. The maximum Gasteiger partial charge on any atom is 0.191 e. The van der Waals surface area contributed by atoms with Crippen molar-refractivity contribution in [3.05, 3.63) is 82.6 Å². The Bertz CT molecular complexity index is 908. The number of hydrogen-bond acceptors (Lipinski definition) is 4. The first-order valence-corrected chi connectivity index (χ1v) is 10.5. The quantitative estimate of drug-likeness (QED) is 0.317. The number of benzene rings is 2. The van der Waals surface area contributed by atoms with Crippen molar-refractivity contribution in [1.82, 2.24) is 14.8 Å². The van der Waals surface area contributed by atoms with Gasteiger partial charge in [0.05, 0.1) is 0 Å². The van der Waals surface area contributed by atoms with E-state index in [1.807, 2.05) is 37.3 Å². The van der Waals surface area contributed by atoms with Gasteiger partial charge in [-0.3, -0.25) is 4.57 Å². The van der Waals surface area contributed by atoms with Gasteiger partial charge in [-0.05, 0) is 43.7 Å². The molecule has 1 atom stereocenters. The highest BCUT2D eigenvalue weighted by Crippen LogP contribution is 2.27.